The molecule has 1 aromatic rings. The predicted molar refractivity (Wildman–Crippen MR) is 74.8 cm³/mol. The van der Waals surface area contributed by atoms with E-state index in [4.69, 9.17) is 4.74 Å². The molecule has 0 saturated carbocycles. The number of aliphatic hydroxyl groups is 1. The van der Waals surface area contributed by atoms with Crippen LogP contribution in [0.4, 0.5) is 0 Å². The van der Waals surface area contributed by atoms with Crippen LogP contribution in [-0.2, 0) is 16.0 Å². The molecule has 0 amide bonds. The van der Waals surface area contributed by atoms with Crippen LogP contribution in [0, 0.1) is 0 Å². The fourth-order valence-corrected chi connectivity index (χ4v) is 1.68. The lowest BCUT2D eigenvalue weighted by Crippen LogP contribution is -2.34. The summed E-state index contributed by atoms with van der Waals surface area (Å²) in [5.74, 6) is -0.340. The van der Waals surface area contributed by atoms with Crippen molar-refractivity contribution in [1.29, 1.82) is 0 Å². The SMILES string of the molecule is CCOC(=O)/C=C/CNC(CO)Cc1ccccc1. The van der Waals surface area contributed by atoms with E-state index >= 15 is 0 Å². The van der Waals surface area contributed by atoms with Gasteiger partial charge in [0.15, 0.2) is 0 Å². The predicted octanol–water partition coefficient (Wildman–Crippen LogP) is 1.30. The highest BCUT2D eigenvalue weighted by Crippen LogP contribution is 2.02. The summed E-state index contributed by atoms with van der Waals surface area (Å²) in [7, 11) is 0. The molecule has 1 aromatic carbocycles. The lowest BCUT2D eigenvalue weighted by Gasteiger charge is -2.14. The highest BCUT2D eigenvalue weighted by atomic mass is 16.5. The number of carbonyl (C=O) groups excluding carboxylic acids is 1. The van der Waals surface area contributed by atoms with Crippen LogP contribution in [0.5, 0.6) is 0 Å². The van der Waals surface area contributed by atoms with Gasteiger partial charge in [-0.1, -0.05) is 36.4 Å². The lowest BCUT2D eigenvalue weighted by molar-refractivity contribution is -0.137. The van der Waals surface area contributed by atoms with Gasteiger partial charge >= 0.3 is 5.97 Å². The zero-order valence-corrected chi connectivity index (χ0v) is 11.2. The topological polar surface area (TPSA) is 58.6 Å². The number of rotatable bonds is 8. The van der Waals surface area contributed by atoms with Gasteiger partial charge in [0.2, 0.25) is 0 Å². The standard InChI is InChI=1S/C15H21NO3/c1-2-19-15(18)9-6-10-16-14(12-17)11-13-7-4-3-5-8-13/h3-9,14,16-17H,2,10-12H2,1H3/b9-6+. The fourth-order valence-electron chi connectivity index (χ4n) is 1.68. The Kier molecular flexibility index (Phi) is 7.54. The molecular weight excluding hydrogens is 242 g/mol. The number of carbonyl (C=O) groups is 1. The Balaban J connectivity index is 2.31. The fraction of sp³-hybridized carbons (Fsp3) is 0.400. The number of benzene rings is 1. The lowest BCUT2D eigenvalue weighted by atomic mass is 10.1. The molecule has 0 saturated heterocycles. The van der Waals surface area contributed by atoms with Crippen LogP contribution < -0.4 is 5.32 Å². The second-order valence-corrected chi connectivity index (χ2v) is 4.13. The second kappa shape index (κ2) is 9.30. The molecule has 0 aromatic heterocycles. The molecule has 0 aliphatic carbocycles. The first-order valence-corrected chi connectivity index (χ1v) is 6.47. The van der Waals surface area contributed by atoms with E-state index in [-0.39, 0.29) is 18.6 Å². The Morgan fingerprint density at radius 1 is 1.42 bits per heavy atom. The Hall–Kier alpha value is -1.65. The first-order chi connectivity index (χ1) is 9.26. The van der Waals surface area contributed by atoms with Crippen molar-refractivity contribution in [3.8, 4) is 0 Å². The maximum Gasteiger partial charge on any atom is 0.330 e. The van der Waals surface area contributed by atoms with Crippen molar-refractivity contribution in [2.45, 2.75) is 19.4 Å². The van der Waals surface area contributed by atoms with Crippen LogP contribution >= 0.6 is 0 Å². The molecule has 1 atom stereocenters. The summed E-state index contributed by atoms with van der Waals surface area (Å²) in [5, 5.41) is 12.5. The van der Waals surface area contributed by atoms with Gasteiger partial charge in [-0.15, -0.1) is 0 Å². The smallest absolute Gasteiger partial charge is 0.330 e. The summed E-state index contributed by atoms with van der Waals surface area (Å²) in [5.41, 5.74) is 1.17. The average molecular weight is 263 g/mol. The molecule has 19 heavy (non-hydrogen) atoms. The van der Waals surface area contributed by atoms with Gasteiger partial charge in [0.25, 0.3) is 0 Å². The molecule has 4 heteroatoms. The summed E-state index contributed by atoms with van der Waals surface area (Å²) in [6, 6.07) is 9.95. The second-order valence-electron chi connectivity index (χ2n) is 4.13. The normalized spacial score (nSPS) is 12.5. The van der Waals surface area contributed by atoms with Crippen molar-refractivity contribution in [3.63, 3.8) is 0 Å². The Morgan fingerprint density at radius 2 is 2.16 bits per heavy atom. The summed E-state index contributed by atoms with van der Waals surface area (Å²) in [6.45, 7) is 2.73. The molecule has 0 heterocycles. The minimum atomic E-state index is -0.340. The van der Waals surface area contributed by atoms with E-state index in [2.05, 4.69) is 5.32 Å². The average Bonchev–Trinajstić information content (AvgIpc) is 2.43. The number of hydrogen-bond donors (Lipinski definition) is 2. The highest BCUT2D eigenvalue weighted by molar-refractivity contribution is 5.81. The third-order valence-corrected chi connectivity index (χ3v) is 2.61. The maximum absolute atomic E-state index is 11.1. The third-order valence-electron chi connectivity index (χ3n) is 2.61. The largest absolute Gasteiger partial charge is 0.463 e. The van der Waals surface area contributed by atoms with E-state index in [0.29, 0.717) is 13.2 Å². The molecule has 2 N–H and O–H groups in total. The van der Waals surface area contributed by atoms with Crippen LogP contribution in [0.2, 0.25) is 0 Å². The monoisotopic (exact) mass is 263 g/mol. The van der Waals surface area contributed by atoms with Gasteiger partial charge < -0.3 is 15.2 Å². The van der Waals surface area contributed by atoms with E-state index in [1.807, 2.05) is 30.3 Å². The van der Waals surface area contributed by atoms with Crippen LogP contribution in [0.25, 0.3) is 0 Å². The van der Waals surface area contributed by atoms with E-state index in [1.54, 1.807) is 13.0 Å². The first-order valence-electron chi connectivity index (χ1n) is 6.47. The molecule has 1 unspecified atom stereocenters. The van der Waals surface area contributed by atoms with Gasteiger partial charge in [0.1, 0.15) is 0 Å². The zero-order valence-electron chi connectivity index (χ0n) is 11.2. The number of hydrogen-bond acceptors (Lipinski definition) is 4. The summed E-state index contributed by atoms with van der Waals surface area (Å²) in [4.78, 5) is 11.1. The minimum absolute atomic E-state index is 0.0192. The summed E-state index contributed by atoms with van der Waals surface area (Å²) in [6.07, 6.45) is 3.85. The van der Waals surface area contributed by atoms with E-state index in [1.165, 1.54) is 11.6 Å². The third kappa shape index (κ3) is 6.74. The molecule has 4 nitrogen and oxygen atoms in total. The molecule has 0 spiro atoms. The van der Waals surface area contributed by atoms with Gasteiger partial charge in [0.05, 0.1) is 13.2 Å². The Labute approximate surface area is 114 Å². The van der Waals surface area contributed by atoms with Crippen LogP contribution in [-0.4, -0.2) is 36.9 Å². The van der Waals surface area contributed by atoms with Crippen LogP contribution in [0.15, 0.2) is 42.5 Å². The molecule has 0 bridgehead atoms. The van der Waals surface area contributed by atoms with Crippen molar-refractivity contribution < 1.29 is 14.6 Å². The van der Waals surface area contributed by atoms with Crippen molar-refractivity contribution in [3.05, 3.63) is 48.0 Å². The van der Waals surface area contributed by atoms with E-state index in [9.17, 15) is 9.90 Å². The Bertz CT molecular complexity index is 390. The maximum atomic E-state index is 11.1. The molecule has 1 rings (SSSR count). The van der Waals surface area contributed by atoms with Crippen molar-refractivity contribution in [2.24, 2.45) is 0 Å². The molecule has 0 aliphatic rings. The highest BCUT2D eigenvalue weighted by Gasteiger charge is 2.06. The zero-order chi connectivity index (χ0) is 13.9. The first kappa shape index (κ1) is 15.4. The van der Waals surface area contributed by atoms with Crippen molar-refractivity contribution >= 4 is 5.97 Å². The van der Waals surface area contributed by atoms with Gasteiger partial charge in [-0.3, -0.25) is 0 Å². The molecular formula is C15H21NO3. The van der Waals surface area contributed by atoms with Gasteiger partial charge in [-0.2, -0.15) is 0 Å². The quantitative estimate of drug-likeness (QED) is 0.548. The minimum Gasteiger partial charge on any atom is -0.463 e. The number of ether oxygens (including phenoxy) is 1. The molecule has 104 valence electrons. The number of nitrogens with one attached hydrogen (secondary N) is 1. The molecule has 0 aliphatic heterocycles. The van der Waals surface area contributed by atoms with E-state index < -0.39 is 0 Å². The van der Waals surface area contributed by atoms with Crippen molar-refractivity contribution in [2.75, 3.05) is 19.8 Å². The summed E-state index contributed by atoms with van der Waals surface area (Å²) >= 11 is 0. The number of aliphatic hydroxyl groups excluding tert-OH is 1. The van der Waals surface area contributed by atoms with Gasteiger partial charge in [0, 0.05) is 18.7 Å². The Morgan fingerprint density at radius 3 is 2.79 bits per heavy atom. The molecule has 0 radical (unpaired) electrons. The summed E-state index contributed by atoms with van der Waals surface area (Å²) < 4.78 is 4.77. The van der Waals surface area contributed by atoms with Crippen LogP contribution in [0.1, 0.15) is 12.5 Å². The van der Waals surface area contributed by atoms with Gasteiger partial charge in [-0.05, 0) is 18.9 Å². The van der Waals surface area contributed by atoms with Crippen LogP contribution in [0.3, 0.4) is 0 Å². The molecule has 0 fully saturated rings. The van der Waals surface area contributed by atoms with E-state index in [0.717, 1.165) is 6.42 Å². The van der Waals surface area contributed by atoms with Crippen molar-refractivity contribution in [1.82, 2.24) is 5.32 Å². The number of esters is 1. The van der Waals surface area contributed by atoms with Gasteiger partial charge in [-0.25, -0.2) is 4.79 Å².